The van der Waals surface area contributed by atoms with Crippen molar-refractivity contribution in [3.8, 4) is 5.75 Å². The summed E-state index contributed by atoms with van der Waals surface area (Å²) in [5.74, 6) is -0.603. The fourth-order valence-electron chi connectivity index (χ4n) is 2.48. The zero-order chi connectivity index (χ0) is 20.3. The van der Waals surface area contributed by atoms with E-state index in [1.807, 2.05) is 0 Å². The van der Waals surface area contributed by atoms with Gasteiger partial charge in [0.05, 0.1) is 11.4 Å². The van der Waals surface area contributed by atoms with Gasteiger partial charge in [-0.1, -0.05) is 41.4 Å². The number of rotatable bonds is 6. The number of ether oxygens (including phenoxy) is 1. The van der Waals surface area contributed by atoms with Crippen LogP contribution in [0.3, 0.4) is 0 Å². The Bertz CT molecular complexity index is 973. The van der Waals surface area contributed by atoms with Crippen LogP contribution in [0.15, 0.2) is 47.4 Å². The smallest absolute Gasteiger partial charge is 0.293 e. The van der Waals surface area contributed by atoms with Gasteiger partial charge in [0.2, 0.25) is 0 Å². The van der Waals surface area contributed by atoms with Gasteiger partial charge in [0.25, 0.3) is 17.1 Å². The molecule has 0 bridgehead atoms. The number of thioether (sulfide) groups is 1. The molecule has 1 fully saturated rings. The van der Waals surface area contributed by atoms with Crippen LogP contribution in [0.2, 0.25) is 10.0 Å². The first-order valence-corrected chi connectivity index (χ1v) is 9.62. The molecule has 0 aliphatic carbocycles. The molecule has 3 amide bonds. The SMILES string of the molecule is NC(=O)COc1cccc(/C=C2\SC(=O)N(Cc3c(Cl)cccc3Cl)C2=O)c1. The van der Waals surface area contributed by atoms with Gasteiger partial charge in [-0.3, -0.25) is 19.3 Å². The van der Waals surface area contributed by atoms with E-state index >= 15 is 0 Å². The molecular weight excluding hydrogens is 423 g/mol. The predicted molar refractivity (Wildman–Crippen MR) is 109 cm³/mol. The molecule has 6 nitrogen and oxygen atoms in total. The van der Waals surface area contributed by atoms with Crippen LogP contribution in [-0.4, -0.2) is 28.6 Å². The number of nitrogens with zero attached hydrogens (tertiary/aromatic N) is 1. The van der Waals surface area contributed by atoms with Gasteiger partial charge < -0.3 is 10.5 Å². The first kappa shape index (κ1) is 20.3. The lowest BCUT2D eigenvalue weighted by atomic mass is 10.2. The van der Waals surface area contributed by atoms with Crippen LogP contribution >= 0.6 is 35.0 Å². The summed E-state index contributed by atoms with van der Waals surface area (Å²) in [6, 6.07) is 11.7. The summed E-state index contributed by atoms with van der Waals surface area (Å²) >= 11 is 13.1. The molecule has 28 heavy (non-hydrogen) atoms. The second kappa shape index (κ2) is 8.68. The van der Waals surface area contributed by atoms with Gasteiger partial charge in [-0.25, -0.2) is 0 Å². The molecule has 0 atom stereocenters. The van der Waals surface area contributed by atoms with Crippen molar-refractivity contribution >= 4 is 58.1 Å². The van der Waals surface area contributed by atoms with Crippen LogP contribution in [-0.2, 0) is 16.1 Å². The Morgan fingerprint density at radius 2 is 1.82 bits per heavy atom. The van der Waals surface area contributed by atoms with Crippen LogP contribution in [0, 0.1) is 0 Å². The maximum absolute atomic E-state index is 12.7. The largest absolute Gasteiger partial charge is 0.484 e. The maximum Gasteiger partial charge on any atom is 0.293 e. The average Bonchev–Trinajstić information content (AvgIpc) is 2.90. The zero-order valence-electron chi connectivity index (χ0n) is 14.4. The van der Waals surface area contributed by atoms with E-state index in [9.17, 15) is 14.4 Å². The molecular formula is C19H14Cl2N2O4S. The maximum atomic E-state index is 12.7. The van der Waals surface area contributed by atoms with Crippen molar-refractivity contribution in [2.75, 3.05) is 6.61 Å². The predicted octanol–water partition coefficient (Wildman–Crippen LogP) is 4.09. The van der Waals surface area contributed by atoms with E-state index in [1.54, 1.807) is 48.5 Å². The van der Waals surface area contributed by atoms with Gasteiger partial charge >= 0.3 is 0 Å². The molecule has 2 aromatic carbocycles. The van der Waals surface area contributed by atoms with Gasteiger partial charge in [0.1, 0.15) is 5.75 Å². The monoisotopic (exact) mass is 436 g/mol. The Labute approximate surface area is 175 Å². The molecule has 2 aromatic rings. The number of benzene rings is 2. The van der Waals surface area contributed by atoms with Crippen molar-refractivity contribution in [1.29, 1.82) is 0 Å². The summed E-state index contributed by atoms with van der Waals surface area (Å²) in [6.45, 7) is -0.263. The molecule has 0 radical (unpaired) electrons. The molecule has 9 heteroatoms. The summed E-state index contributed by atoms with van der Waals surface area (Å²) in [5.41, 5.74) is 6.21. The number of carbonyl (C=O) groups excluding carboxylic acids is 3. The third-order valence-corrected chi connectivity index (χ3v) is 5.40. The number of imide groups is 1. The molecule has 1 heterocycles. The van der Waals surface area contributed by atoms with Crippen molar-refractivity contribution in [3.63, 3.8) is 0 Å². The third-order valence-electron chi connectivity index (χ3n) is 3.79. The topological polar surface area (TPSA) is 89.7 Å². The number of amides is 3. The minimum absolute atomic E-state index is 0.0116. The summed E-state index contributed by atoms with van der Waals surface area (Å²) in [7, 11) is 0. The van der Waals surface area contributed by atoms with Gasteiger partial charge in [0.15, 0.2) is 6.61 Å². The number of carbonyl (C=O) groups is 3. The summed E-state index contributed by atoms with van der Waals surface area (Å²) in [6.07, 6.45) is 1.58. The quantitative estimate of drug-likeness (QED) is 0.688. The van der Waals surface area contributed by atoms with Gasteiger partial charge in [-0.2, -0.15) is 0 Å². The van der Waals surface area contributed by atoms with E-state index in [4.69, 9.17) is 33.7 Å². The minimum atomic E-state index is -0.593. The highest BCUT2D eigenvalue weighted by molar-refractivity contribution is 8.18. The van der Waals surface area contributed by atoms with E-state index in [-0.39, 0.29) is 18.1 Å². The highest BCUT2D eigenvalue weighted by atomic mass is 35.5. The molecule has 1 saturated heterocycles. The van der Waals surface area contributed by atoms with Crippen molar-refractivity contribution in [3.05, 3.63) is 68.5 Å². The van der Waals surface area contributed by atoms with E-state index in [0.29, 0.717) is 26.9 Å². The average molecular weight is 437 g/mol. The normalized spacial score (nSPS) is 15.4. The number of halogens is 2. The van der Waals surface area contributed by atoms with Gasteiger partial charge in [0, 0.05) is 15.6 Å². The Balaban J connectivity index is 1.80. The highest BCUT2D eigenvalue weighted by Gasteiger charge is 2.35. The van der Waals surface area contributed by atoms with E-state index in [1.165, 1.54) is 0 Å². The van der Waals surface area contributed by atoms with E-state index in [0.717, 1.165) is 16.7 Å². The molecule has 0 spiro atoms. The Morgan fingerprint density at radius 3 is 2.50 bits per heavy atom. The summed E-state index contributed by atoms with van der Waals surface area (Å²) < 4.78 is 5.24. The standard InChI is InChI=1S/C19H14Cl2N2O4S/c20-14-5-2-6-15(21)13(14)9-23-18(25)16(28-19(23)26)8-11-3-1-4-12(7-11)27-10-17(22)24/h1-8H,9-10H2,(H2,22,24)/b16-8-. The van der Waals surface area contributed by atoms with Crippen molar-refractivity contribution in [1.82, 2.24) is 4.90 Å². The summed E-state index contributed by atoms with van der Waals surface area (Å²) in [4.78, 5) is 37.2. The minimum Gasteiger partial charge on any atom is -0.484 e. The molecule has 1 aliphatic rings. The lowest BCUT2D eigenvalue weighted by molar-refractivity contribution is -0.123. The Morgan fingerprint density at radius 1 is 1.14 bits per heavy atom. The number of hydrogen-bond donors (Lipinski definition) is 1. The molecule has 1 aliphatic heterocycles. The van der Waals surface area contributed by atoms with Gasteiger partial charge in [-0.05, 0) is 47.7 Å². The molecule has 3 rings (SSSR count). The molecule has 0 aromatic heterocycles. The second-order valence-corrected chi connectivity index (χ2v) is 7.60. The third kappa shape index (κ3) is 4.67. The van der Waals surface area contributed by atoms with Crippen LogP contribution < -0.4 is 10.5 Å². The molecule has 2 N–H and O–H groups in total. The van der Waals surface area contributed by atoms with Crippen molar-refractivity contribution in [2.24, 2.45) is 5.73 Å². The van der Waals surface area contributed by atoms with Crippen molar-refractivity contribution in [2.45, 2.75) is 6.54 Å². The number of nitrogens with two attached hydrogens (primary N) is 1. The Hall–Kier alpha value is -2.48. The first-order chi connectivity index (χ1) is 13.3. The molecule has 144 valence electrons. The first-order valence-electron chi connectivity index (χ1n) is 8.04. The fourth-order valence-corrected chi connectivity index (χ4v) is 3.83. The van der Waals surface area contributed by atoms with Crippen LogP contribution in [0.4, 0.5) is 4.79 Å². The number of hydrogen-bond acceptors (Lipinski definition) is 5. The van der Waals surface area contributed by atoms with Crippen molar-refractivity contribution < 1.29 is 19.1 Å². The van der Waals surface area contributed by atoms with E-state index < -0.39 is 17.1 Å². The Kier molecular flexibility index (Phi) is 6.28. The summed E-state index contributed by atoms with van der Waals surface area (Å²) in [5, 5.41) is 0.359. The lowest BCUT2D eigenvalue weighted by Crippen LogP contribution is -2.27. The lowest BCUT2D eigenvalue weighted by Gasteiger charge is -2.14. The second-order valence-electron chi connectivity index (χ2n) is 5.80. The van der Waals surface area contributed by atoms with E-state index in [2.05, 4.69) is 0 Å². The van der Waals surface area contributed by atoms with Crippen LogP contribution in [0.1, 0.15) is 11.1 Å². The zero-order valence-corrected chi connectivity index (χ0v) is 16.7. The molecule has 0 saturated carbocycles. The van der Waals surface area contributed by atoms with Crippen LogP contribution in [0.25, 0.3) is 6.08 Å². The molecule has 0 unspecified atom stereocenters. The highest BCUT2D eigenvalue weighted by Crippen LogP contribution is 2.35. The van der Waals surface area contributed by atoms with Gasteiger partial charge in [-0.15, -0.1) is 0 Å². The fraction of sp³-hybridized carbons (Fsp3) is 0.105. The van der Waals surface area contributed by atoms with Crippen LogP contribution in [0.5, 0.6) is 5.75 Å². The number of primary amides is 1.